The maximum Gasteiger partial charge on any atom is 0.233 e. The zero-order chi connectivity index (χ0) is 14.7. The van der Waals surface area contributed by atoms with Crippen LogP contribution in [0.3, 0.4) is 0 Å². The Kier molecular flexibility index (Phi) is 4.65. The molecule has 114 valence electrons. The lowest BCUT2D eigenvalue weighted by molar-refractivity contribution is -0.136. The van der Waals surface area contributed by atoms with Crippen molar-refractivity contribution >= 4 is 21.8 Å². The molecule has 0 N–H and O–H groups in total. The Labute approximate surface area is 134 Å². The van der Waals surface area contributed by atoms with Crippen molar-refractivity contribution in [3.63, 3.8) is 0 Å². The molecule has 3 nitrogen and oxygen atoms in total. The quantitative estimate of drug-likeness (QED) is 0.762. The van der Waals surface area contributed by atoms with Crippen LogP contribution in [0.1, 0.15) is 31.2 Å². The molecule has 0 aromatic heterocycles. The highest BCUT2D eigenvalue weighted by atomic mass is 79.9. The van der Waals surface area contributed by atoms with E-state index in [1.807, 2.05) is 23.1 Å². The van der Waals surface area contributed by atoms with Crippen LogP contribution in [-0.2, 0) is 14.9 Å². The number of hydrogen-bond acceptors (Lipinski definition) is 2. The Morgan fingerprint density at radius 1 is 1.24 bits per heavy atom. The molecule has 21 heavy (non-hydrogen) atoms. The van der Waals surface area contributed by atoms with E-state index in [1.165, 1.54) is 5.56 Å². The van der Waals surface area contributed by atoms with Gasteiger partial charge in [-0.3, -0.25) is 4.79 Å². The second kappa shape index (κ2) is 6.49. The van der Waals surface area contributed by atoms with E-state index in [2.05, 4.69) is 28.1 Å². The summed E-state index contributed by atoms with van der Waals surface area (Å²) >= 11 is 3.38. The summed E-state index contributed by atoms with van der Waals surface area (Å²) < 4.78 is 5.76. The normalized spacial score (nSPS) is 21.3. The fraction of sp³-hybridized carbons (Fsp3) is 0.588. The molecule has 0 radical (unpaired) electrons. The predicted octanol–water partition coefficient (Wildman–Crippen LogP) is 3.12. The lowest BCUT2D eigenvalue weighted by atomic mass is 9.93. The average molecular weight is 352 g/mol. The smallest absolute Gasteiger partial charge is 0.233 e. The van der Waals surface area contributed by atoms with Crippen LogP contribution >= 0.6 is 15.9 Å². The molecule has 0 spiro atoms. The minimum Gasteiger partial charge on any atom is -0.377 e. The number of halogens is 1. The molecule has 3 rings (SSSR count). The molecule has 0 bridgehead atoms. The van der Waals surface area contributed by atoms with Gasteiger partial charge in [0.05, 0.1) is 18.1 Å². The molecule has 4 heteroatoms. The topological polar surface area (TPSA) is 29.5 Å². The first-order valence-corrected chi connectivity index (χ1v) is 8.91. The zero-order valence-electron chi connectivity index (χ0n) is 12.3. The summed E-state index contributed by atoms with van der Waals surface area (Å²) in [6.07, 6.45) is 4.23. The van der Waals surface area contributed by atoms with Gasteiger partial charge < -0.3 is 9.64 Å². The van der Waals surface area contributed by atoms with Gasteiger partial charge in [0.25, 0.3) is 0 Å². The van der Waals surface area contributed by atoms with Gasteiger partial charge in [-0.05, 0) is 31.2 Å². The summed E-state index contributed by atoms with van der Waals surface area (Å²) in [7, 11) is 0. The van der Waals surface area contributed by atoms with Crippen LogP contribution in [0.5, 0.6) is 0 Å². The molecular weight excluding hydrogens is 330 g/mol. The lowest BCUT2D eigenvalue weighted by Gasteiger charge is -2.34. The molecular formula is C17H22BrNO2. The third-order valence-corrected chi connectivity index (χ3v) is 4.97. The zero-order valence-corrected chi connectivity index (χ0v) is 13.8. The van der Waals surface area contributed by atoms with E-state index >= 15 is 0 Å². The van der Waals surface area contributed by atoms with Crippen molar-refractivity contribution in [2.45, 2.75) is 37.2 Å². The Balaban J connectivity index is 1.60. The van der Waals surface area contributed by atoms with E-state index < -0.39 is 0 Å². The Morgan fingerprint density at radius 3 is 2.48 bits per heavy atom. The Morgan fingerprint density at radius 2 is 1.90 bits per heavy atom. The minimum absolute atomic E-state index is 0.217. The first-order valence-electron chi connectivity index (χ1n) is 7.79. The Hall–Kier alpha value is -0.870. The monoisotopic (exact) mass is 351 g/mol. The number of carbonyl (C=O) groups is 1. The van der Waals surface area contributed by atoms with E-state index in [9.17, 15) is 4.79 Å². The number of benzene rings is 1. The van der Waals surface area contributed by atoms with Crippen LogP contribution in [0, 0.1) is 0 Å². The molecule has 1 aromatic carbocycles. The van der Waals surface area contributed by atoms with Crippen molar-refractivity contribution in [1.82, 2.24) is 4.90 Å². The van der Waals surface area contributed by atoms with Crippen LogP contribution in [0.2, 0.25) is 0 Å². The van der Waals surface area contributed by atoms with Gasteiger partial charge in [0, 0.05) is 18.4 Å². The Bertz CT molecular complexity index is 479. The number of piperidine rings is 1. The highest BCUT2D eigenvalue weighted by Gasteiger charge is 2.53. The number of amides is 1. The number of carbonyl (C=O) groups excluding carboxylic acids is 1. The van der Waals surface area contributed by atoms with Gasteiger partial charge in [0.1, 0.15) is 0 Å². The summed E-state index contributed by atoms with van der Waals surface area (Å²) in [5.41, 5.74) is 0.970. The number of alkyl halides is 1. The maximum absolute atomic E-state index is 12.9. The van der Waals surface area contributed by atoms with Gasteiger partial charge in [-0.25, -0.2) is 0 Å². The molecule has 1 aliphatic heterocycles. The molecule has 1 amide bonds. The summed E-state index contributed by atoms with van der Waals surface area (Å²) in [6, 6.07) is 10.3. The fourth-order valence-electron chi connectivity index (χ4n) is 3.25. The van der Waals surface area contributed by atoms with E-state index in [-0.39, 0.29) is 5.41 Å². The molecule has 1 aliphatic carbocycles. The summed E-state index contributed by atoms with van der Waals surface area (Å²) in [6.45, 7) is 2.42. The highest BCUT2D eigenvalue weighted by molar-refractivity contribution is 9.09. The van der Waals surface area contributed by atoms with Crippen molar-refractivity contribution in [3.05, 3.63) is 35.9 Å². The van der Waals surface area contributed by atoms with E-state index in [4.69, 9.17) is 4.74 Å². The molecule has 1 saturated carbocycles. The molecule has 1 heterocycles. The van der Waals surface area contributed by atoms with Crippen molar-refractivity contribution < 1.29 is 9.53 Å². The number of rotatable bonds is 5. The molecule has 1 saturated heterocycles. The first kappa shape index (κ1) is 15.0. The van der Waals surface area contributed by atoms with Gasteiger partial charge >= 0.3 is 0 Å². The number of hydrogen-bond donors (Lipinski definition) is 0. The molecule has 1 aromatic rings. The van der Waals surface area contributed by atoms with Crippen LogP contribution in [0.25, 0.3) is 0 Å². The second-order valence-corrected chi connectivity index (χ2v) is 6.79. The summed E-state index contributed by atoms with van der Waals surface area (Å²) in [4.78, 5) is 14.9. The van der Waals surface area contributed by atoms with Gasteiger partial charge in [0.15, 0.2) is 0 Å². The number of ether oxygens (including phenoxy) is 1. The summed E-state index contributed by atoms with van der Waals surface area (Å²) in [5.74, 6) is 0.327. The highest BCUT2D eigenvalue weighted by Crippen LogP contribution is 2.49. The van der Waals surface area contributed by atoms with Gasteiger partial charge in [0.2, 0.25) is 5.91 Å². The van der Waals surface area contributed by atoms with Crippen molar-refractivity contribution in [1.29, 1.82) is 0 Å². The van der Waals surface area contributed by atoms with E-state index in [1.54, 1.807) is 0 Å². The fourth-order valence-corrected chi connectivity index (χ4v) is 3.43. The van der Waals surface area contributed by atoms with Crippen LogP contribution in [0.4, 0.5) is 0 Å². The third-order valence-electron chi connectivity index (χ3n) is 4.65. The van der Waals surface area contributed by atoms with Crippen molar-refractivity contribution in [2.24, 2.45) is 0 Å². The van der Waals surface area contributed by atoms with Gasteiger partial charge in [-0.1, -0.05) is 46.3 Å². The largest absolute Gasteiger partial charge is 0.377 e. The maximum atomic E-state index is 12.9. The molecule has 2 aliphatic rings. The first-order chi connectivity index (χ1) is 10.3. The van der Waals surface area contributed by atoms with E-state index in [0.29, 0.717) is 12.0 Å². The number of likely N-dealkylation sites (tertiary alicyclic amines) is 1. The third kappa shape index (κ3) is 3.16. The summed E-state index contributed by atoms with van der Waals surface area (Å²) in [5, 5.41) is 0.878. The predicted molar refractivity (Wildman–Crippen MR) is 86.7 cm³/mol. The average Bonchev–Trinajstić information content (AvgIpc) is 3.35. The van der Waals surface area contributed by atoms with Crippen LogP contribution < -0.4 is 0 Å². The molecule has 2 fully saturated rings. The molecule has 0 atom stereocenters. The van der Waals surface area contributed by atoms with Gasteiger partial charge in [-0.15, -0.1) is 0 Å². The van der Waals surface area contributed by atoms with Crippen LogP contribution in [0.15, 0.2) is 30.3 Å². The van der Waals surface area contributed by atoms with E-state index in [0.717, 1.165) is 50.7 Å². The lowest BCUT2D eigenvalue weighted by Crippen LogP contribution is -2.45. The SMILES string of the molecule is O=C(N1CCC(OCCBr)CC1)C1(c2ccccc2)CC1. The molecule has 0 unspecified atom stereocenters. The standard InChI is InChI=1S/C17H22BrNO2/c18-10-13-21-15-6-11-19(12-7-15)16(20)17(8-9-17)14-4-2-1-3-5-14/h1-5,15H,6-13H2. The minimum atomic E-state index is -0.217. The van der Waals surface area contributed by atoms with Gasteiger partial charge in [-0.2, -0.15) is 0 Å². The van der Waals surface area contributed by atoms with Crippen molar-refractivity contribution in [2.75, 3.05) is 25.0 Å². The number of nitrogens with zero attached hydrogens (tertiary/aromatic N) is 1. The van der Waals surface area contributed by atoms with Crippen molar-refractivity contribution in [3.8, 4) is 0 Å². The van der Waals surface area contributed by atoms with Crippen LogP contribution in [-0.4, -0.2) is 41.9 Å². The second-order valence-electron chi connectivity index (χ2n) is 6.00.